The molecule has 2 rings (SSSR count). The summed E-state index contributed by atoms with van der Waals surface area (Å²) in [5.74, 6) is 1.72. The third kappa shape index (κ3) is 4.88. The van der Waals surface area contributed by atoms with Gasteiger partial charge < -0.3 is 15.2 Å². The minimum Gasteiger partial charge on any atom is -0.457 e. The molecule has 0 aliphatic rings. The summed E-state index contributed by atoms with van der Waals surface area (Å²) in [6, 6.07) is 16.3. The quantitative estimate of drug-likeness (QED) is 0.846. The van der Waals surface area contributed by atoms with Crippen LogP contribution < -0.4 is 10.5 Å². The maximum absolute atomic E-state index is 5.98. The molecular weight excluding hydrogens is 262 g/mol. The van der Waals surface area contributed by atoms with Crippen molar-refractivity contribution in [2.45, 2.75) is 25.8 Å². The Balaban J connectivity index is 2.07. The Labute approximate surface area is 126 Å². The Morgan fingerprint density at radius 3 is 2.43 bits per heavy atom. The highest BCUT2D eigenvalue weighted by Gasteiger charge is 2.06. The van der Waals surface area contributed by atoms with Crippen LogP contribution in [-0.4, -0.2) is 19.8 Å². The number of methoxy groups -OCH3 is 1. The summed E-state index contributed by atoms with van der Waals surface area (Å²) in [7, 11) is 1.72. The number of ether oxygens (including phenoxy) is 2. The average Bonchev–Trinajstić information content (AvgIpc) is 2.48. The summed E-state index contributed by atoms with van der Waals surface area (Å²) in [4.78, 5) is 0. The summed E-state index contributed by atoms with van der Waals surface area (Å²) in [6.45, 7) is 2.73. The Bertz CT molecular complexity index is 549. The van der Waals surface area contributed by atoms with Gasteiger partial charge in [-0.05, 0) is 49.1 Å². The average molecular weight is 285 g/mol. The second kappa shape index (κ2) is 7.81. The molecule has 0 aromatic heterocycles. The predicted octanol–water partition coefficient (Wildman–Crippen LogP) is 3.56. The fourth-order valence-corrected chi connectivity index (χ4v) is 2.19. The van der Waals surface area contributed by atoms with Gasteiger partial charge in [-0.1, -0.05) is 30.3 Å². The van der Waals surface area contributed by atoms with Crippen LogP contribution in [0.3, 0.4) is 0 Å². The van der Waals surface area contributed by atoms with Crippen molar-refractivity contribution in [3.8, 4) is 11.5 Å². The van der Waals surface area contributed by atoms with Crippen molar-refractivity contribution in [1.29, 1.82) is 0 Å². The van der Waals surface area contributed by atoms with Crippen LogP contribution in [0.5, 0.6) is 11.5 Å². The van der Waals surface area contributed by atoms with Crippen LogP contribution in [-0.2, 0) is 17.6 Å². The Kier molecular flexibility index (Phi) is 5.78. The molecule has 112 valence electrons. The molecule has 0 fully saturated rings. The Morgan fingerprint density at radius 2 is 1.76 bits per heavy atom. The summed E-state index contributed by atoms with van der Waals surface area (Å²) in [6.07, 6.45) is 1.72. The van der Waals surface area contributed by atoms with Crippen LogP contribution in [0, 0.1) is 0 Å². The van der Waals surface area contributed by atoms with Crippen molar-refractivity contribution in [2.24, 2.45) is 5.73 Å². The molecule has 2 aromatic carbocycles. The fourth-order valence-electron chi connectivity index (χ4n) is 2.19. The van der Waals surface area contributed by atoms with E-state index in [9.17, 15) is 0 Å². The smallest absolute Gasteiger partial charge is 0.130 e. The largest absolute Gasteiger partial charge is 0.457 e. The number of hydrogen-bond acceptors (Lipinski definition) is 3. The Morgan fingerprint density at radius 1 is 1.05 bits per heavy atom. The number of hydrogen-bond donors (Lipinski definition) is 1. The van der Waals surface area contributed by atoms with E-state index in [4.69, 9.17) is 15.2 Å². The van der Waals surface area contributed by atoms with Crippen LogP contribution in [0.25, 0.3) is 0 Å². The molecule has 21 heavy (non-hydrogen) atoms. The molecule has 0 bridgehead atoms. The number of rotatable bonds is 7. The maximum Gasteiger partial charge on any atom is 0.130 e. The zero-order chi connectivity index (χ0) is 15.1. The lowest BCUT2D eigenvalue weighted by atomic mass is 10.1. The van der Waals surface area contributed by atoms with E-state index >= 15 is 0 Å². The molecule has 0 saturated heterocycles. The molecular formula is C18H23NO2. The van der Waals surface area contributed by atoms with Crippen LogP contribution in [0.2, 0.25) is 0 Å². The van der Waals surface area contributed by atoms with Crippen molar-refractivity contribution in [1.82, 2.24) is 0 Å². The second-order valence-corrected chi connectivity index (χ2v) is 5.28. The van der Waals surface area contributed by atoms with Gasteiger partial charge in [-0.2, -0.15) is 0 Å². The van der Waals surface area contributed by atoms with Gasteiger partial charge >= 0.3 is 0 Å². The lowest BCUT2D eigenvalue weighted by Crippen LogP contribution is -2.18. The van der Waals surface area contributed by atoms with Crippen LogP contribution in [0.1, 0.15) is 18.1 Å². The van der Waals surface area contributed by atoms with Gasteiger partial charge in [0.25, 0.3) is 0 Å². The topological polar surface area (TPSA) is 44.5 Å². The van der Waals surface area contributed by atoms with Gasteiger partial charge in [0.05, 0.1) is 6.61 Å². The van der Waals surface area contributed by atoms with Crippen molar-refractivity contribution >= 4 is 0 Å². The van der Waals surface area contributed by atoms with Crippen LogP contribution >= 0.6 is 0 Å². The summed E-state index contributed by atoms with van der Waals surface area (Å²) in [5, 5.41) is 0. The van der Waals surface area contributed by atoms with E-state index in [0.29, 0.717) is 0 Å². The van der Waals surface area contributed by atoms with Gasteiger partial charge in [0.2, 0.25) is 0 Å². The van der Waals surface area contributed by atoms with Gasteiger partial charge in [-0.15, -0.1) is 0 Å². The van der Waals surface area contributed by atoms with Crippen LogP contribution in [0.4, 0.5) is 0 Å². The van der Waals surface area contributed by atoms with Crippen molar-refractivity contribution in [3.05, 3.63) is 59.7 Å². The molecule has 0 heterocycles. The molecule has 1 atom stereocenters. The van der Waals surface area contributed by atoms with Gasteiger partial charge in [0.15, 0.2) is 0 Å². The summed E-state index contributed by atoms with van der Waals surface area (Å²) >= 11 is 0. The standard InChI is InChI=1S/C18H23NO2/c1-14(19)13-16-5-3-4-6-18(16)21-17-9-7-15(8-10-17)11-12-20-2/h3-10,14H,11-13,19H2,1-2H3. The highest BCUT2D eigenvalue weighted by atomic mass is 16.5. The van der Waals surface area contributed by atoms with E-state index in [0.717, 1.165) is 36.5 Å². The third-order valence-corrected chi connectivity index (χ3v) is 3.26. The van der Waals surface area contributed by atoms with Gasteiger partial charge in [0.1, 0.15) is 11.5 Å². The van der Waals surface area contributed by atoms with Gasteiger partial charge in [-0.3, -0.25) is 0 Å². The van der Waals surface area contributed by atoms with E-state index in [1.807, 2.05) is 37.3 Å². The van der Waals surface area contributed by atoms with Crippen molar-refractivity contribution in [2.75, 3.05) is 13.7 Å². The van der Waals surface area contributed by atoms with E-state index < -0.39 is 0 Å². The summed E-state index contributed by atoms with van der Waals surface area (Å²) < 4.78 is 11.1. The molecule has 0 spiro atoms. The highest BCUT2D eigenvalue weighted by molar-refractivity contribution is 5.39. The second-order valence-electron chi connectivity index (χ2n) is 5.28. The molecule has 0 amide bonds. The number of nitrogens with two attached hydrogens (primary N) is 1. The van der Waals surface area contributed by atoms with E-state index in [1.54, 1.807) is 7.11 Å². The summed E-state index contributed by atoms with van der Waals surface area (Å²) in [5.41, 5.74) is 8.26. The molecule has 0 radical (unpaired) electrons. The molecule has 0 saturated carbocycles. The molecule has 3 nitrogen and oxygen atoms in total. The zero-order valence-corrected chi connectivity index (χ0v) is 12.7. The first-order valence-electron chi connectivity index (χ1n) is 7.28. The molecule has 0 aliphatic carbocycles. The third-order valence-electron chi connectivity index (χ3n) is 3.26. The van der Waals surface area contributed by atoms with E-state index in [1.165, 1.54) is 5.56 Å². The first kappa shape index (κ1) is 15.5. The lowest BCUT2D eigenvalue weighted by molar-refractivity contribution is 0.202. The first-order chi connectivity index (χ1) is 10.2. The molecule has 0 aliphatic heterocycles. The number of para-hydroxylation sites is 1. The normalized spacial score (nSPS) is 12.1. The first-order valence-corrected chi connectivity index (χ1v) is 7.28. The molecule has 1 unspecified atom stereocenters. The SMILES string of the molecule is COCCc1ccc(Oc2ccccc2CC(C)N)cc1. The van der Waals surface area contributed by atoms with Crippen LogP contribution in [0.15, 0.2) is 48.5 Å². The van der Waals surface area contributed by atoms with E-state index in [2.05, 4.69) is 18.2 Å². The molecule has 2 N–H and O–H groups in total. The zero-order valence-electron chi connectivity index (χ0n) is 12.7. The Hall–Kier alpha value is -1.84. The van der Waals surface area contributed by atoms with Crippen molar-refractivity contribution in [3.63, 3.8) is 0 Å². The van der Waals surface area contributed by atoms with Crippen molar-refractivity contribution < 1.29 is 9.47 Å². The minimum absolute atomic E-state index is 0.117. The number of benzene rings is 2. The molecule has 2 aromatic rings. The molecule has 3 heteroatoms. The minimum atomic E-state index is 0.117. The predicted molar refractivity (Wildman–Crippen MR) is 85.9 cm³/mol. The monoisotopic (exact) mass is 285 g/mol. The lowest BCUT2D eigenvalue weighted by Gasteiger charge is -2.13. The van der Waals surface area contributed by atoms with E-state index in [-0.39, 0.29) is 6.04 Å². The van der Waals surface area contributed by atoms with Gasteiger partial charge in [-0.25, -0.2) is 0 Å². The van der Waals surface area contributed by atoms with Gasteiger partial charge in [0, 0.05) is 13.2 Å². The fraction of sp³-hybridized carbons (Fsp3) is 0.333. The highest BCUT2D eigenvalue weighted by Crippen LogP contribution is 2.26. The maximum atomic E-state index is 5.98.